The molecule has 0 bridgehead atoms. The Hall–Kier alpha value is -2.19. The fourth-order valence-electron chi connectivity index (χ4n) is 1.94. The van der Waals surface area contributed by atoms with Crippen molar-refractivity contribution in [3.8, 4) is 11.5 Å². The number of benzene rings is 2. The van der Waals surface area contributed by atoms with Gasteiger partial charge >= 0.3 is 10.1 Å². The van der Waals surface area contributed by atoms with Gasteiger partial charge in [-0.2, -0.15) is 17.2 Å². The summed E-state index contributed by atoms with van der Waals surface area (Å²) in [5.74, 6) is 0.515. The van der Waals surface area contributed by atoms with Crippen molar-refractivity contribution in [2.24, 2.45) is 0 Å². The third-order valence-corrected chi connectivity index (χ3v) is 4.68. The molecule has 22 heavy (non-hydrogen) atoms. The number of rotatable bonds is 5. The van der Waals surface area contributed by atoms with Gasteiger partial charge in [-0.15, -0.1) is 0 Å². The normalized spacial score (nSPS) is 11.5. The van der Waals surface area contributed by atoms with Crippen molar-refractivity contribution >= 4 is 32.9 Å². The molecule has 1 aromatic heterocycles. The Morgan fingerprint density at radius 1 is 1.05 bits per heavy atom. The van der Waals surface area contributed by atoms with E-state index in [1.807, 2.05) is 6.92 Å². The summed E-state index contributed by atoms with van der Waals surface area (Å²) in [5.41, 5.74) is 0.828. The van der Waals surface area contributed by atoms with Crippen LogP contribution in [-0.2, 0) is 10.1 Å². The lowest BCUT2D eigenvalue weighted by molar-refractivity contribution is 0.327. The Balaban J connectivity index is 2.03. The van der Waals surface area contributed by atoms with Gasteiger partial charge in [-0.25, -0.2) is 0 Å². The quantitative estimate of drug-likeness (QED) is 0.667. The van der Waals surface area contributed by atoms with Crippen LogP contribution in [0.2, 0.25) is 0 Å². The summed E-state index contributed by atoms with van der Waals surface area (Å²) >= 11 is 0.956. The van der Waals surface area contributed by atoms with Gasteiger partial charge < -0.3 is 8.92 Å². The monoisotopic (exact) mass is 336 g/mol. The van der Waals surface area contributed by atoms with Gasteiger partial charge in [0, 0.05) is 0 Å². The molecule has 0 spiro atoms. The average Bonchev–Trinajstić information content (AvgIpc) is 2.97. The molecule has 8 heteroatoms. The third kappa shape index (κ3) is 2.75. The smallest absolute Gasteiger partial charge is 0.341 e. The minimum absolute atomic E-state index is 0.00921. The molecule has 0 saturated carbocycles. The molecule has 114 valence electrons. The van der Waals surface area contributed by atoms with Crippen molar-refractivity contribution in [1.29, 1.82) is 0 Å². The molecule has 0 saturated heterocycles. The van der Waals surface area contributed by atoms with Gasteiger partial charge in [0.15, 0.2) is 11.5 Å². The molecule has 1 heterocycles. The molecule has 6 nitrogen and oxygen atoms in total. The van der Waals surface area contributed by atoms with E-state index < -0.39 is 10.1 Å². The molecule has 0 atom stereocenters. The van der Waals surface area contributed by atoms with Crippen LogP contribution in [-0.4, -0.2) is 23.8 Å². The van der Waals surface area contributed by atoms with E-state index in [1.54, 1.807) is 36.4 Å². The molecule has 0 unspecified atom stereocenters. The Morgan fingerprint density at radius 2 is 1.82 bits per heavy atom. The molecule has 0 N–H and O–H groups in total. The van der Waals surface area contributed by atoms with E-state index >= 15 is 0 Å². The highest BCUT2D eigenvalue weighted by Gasteiger charge is 2.23. The largest absolute Gasteiger partial charge is 0.490 e. The first kappa shape index (κ1) is 14.7. The van der Waals surface area contributed by atoms with Crippen LogP contribution in [0.25, 0.3) is 11.0 Å². The minimum Gasteiger partial charge on any atom is -0.490 e. The summed E-state index contributed by atoms with van der Waals surface area (Å²) in [6, 6.07) is 11.4. The van der Waals surface area contributed by atoms with Gasteiger partial charge in [-0.05, 0) is 31.2 Å². The van der Waals surface area contributed by atoms with Crippen LogP contribution < -0.4 is 8.92 Å². The molecule has 0 amide bonds. The Labute approximate surface area is 131 Å². The molecule has 0 fully saturated rings. The second-order valence-corrected chi connectivity index (χ2v) is 6.35. The van der Waals surface area contributed by atoms with Crippen LogP contribution in [0.5, 0.6) is 11.5 Å². The zero-order valence-electron chi connectivity index (χ0n) is 11.6. The Bertz CT molecular complexity index is 906. The predicted molar refractivity (Wildman–Crippen MR) is 82.8 cm³/mol. The van der Waals surface area contributed by atoms with E-state index in [2.05, 4.69) is 8.75 Å². The lowest BCUT2D eigenvalue weighted by Crippen LogP contribution is -2.11. The summed E-state index contributed by atoms with van der Waals surface area (Å²) in [4.78, 5) is -0.00921. The first-order chi connectivity index (χ1) is 10.6. The molecule has 2 aromatic carbocycles. The van der Waals surface area contributed by atoms with Crippen LogP contribution in [0, 0.1) is 0 Å². The van der Waals surface area contributed by atoms with Crippen LogP contribution in [0.15, 0.2) is 47.4 Å². The number of nitrogens with zero attached hydrogens (tertiary/aromatic N) is 2. The van der Waals surface area contributed by atoms with Crippen LogP contribution >= 0.6 is 11.7 Å². The first-order valence-corrected chi connectivity index (χ1v) is 8.63. The van der Waals surface area contributed by atoms with Gasteiger partial charge in [0.05, 0.1) is 18.3 Å². The van der Waals surface area contributed by atoms with Crippen molar-refractivity contribution in [3.05, 3.63) is 42.5 Å². The highest BCUT2D eigenvalue weighted by atomic mass is 32.2. The maximum Gasteiger partial charge on any atom is 0.341 e. The van der Waals surface area contributed by atoms with Gasteiger partial charge in [-0.1, -0.05) is 18.2 Å². The van der Waals surface area contributed by atoms with E-state index in [4.69, 9.17) is 8.92 Å². The molecular formula is C14H12N2O4S2. The third-order valence-electron chi connectivity index (χ3n) is 2.87. The highest BCUT2D eigenvalue weighted by Crippen LogP contribution is 2.31. The Morgan fingerprint density at radius 3 is 2.59 bits per heavy atom. The van der Waals surface area contributed by atoms with Crippen LogP contribution in [0.4, 0.5) is 0 Å². The fourth-order valence-corrected chi connectivity index (χ4v) is 3.64. The second-order valence-electron chi connectivity index (χ2n) is 4.31. The van der Waals surface area contributed by atoms with Crippen molar-refractivity contribution in [3.63, 3.8) is 0 Å². The maximum atomic E-state index is 12.5. The van der Waals surface area contributed by atoms with Crippen molar-refractivity contribution < 1.29 is 17.3 Å². The molecule has 3 aromatic rings. The minimum atomic E-state index is -4.03. The summed E-state index contributed by atoms with van der Waals surface area (Å²) in [7, 11) is -4.03. The second kappa shape index (κ2) is 5.90. The topological polar surface area (TPSA) is 78.4 Å². The van der Waals surface area contributed by atoms with E-state index in [9.17, 15) is 8.42 Å². The number of aromatic nitrogens is 2. The zero-order chi connectivity index (χ0) is 15.6. The SMILES string of the molecule is CCOc1ccccc1OS(=O)(=O)c1cccc2nsnc12. The lowest BCUT2D eigenvalue weighted by Gasteiger charge is -2.11. The van der Waals surface area contributed by atoms with Crippen LogP contribution in [0.3, 0.4) is 0 Å². The van der Waals surface area contributed by atoms with Crippen molar-refractivity contribution in [2.75, 3.05) is 6.61 Å². The molecular weight excluding hydrogens is 324 g/mol. The van der Waals surface area contributed by atoms with Crippen LogP contribution in [0.1, 0.15) is 6.92 Å². The summed E-state index contributed by atoms with van der Waals surface area (Å²) in [6.45, 7) is 2.22. The van der Waals surface area contributed by atoms with Crippen molar-refractivity contribution in [1.82, 2.24) is 8.75 Å². The highest BCUT2D eigenvalue weighted by molar-refractivity contribution is 7.87. The predicted octanol–water partition coefficient (Wildman–Crippen LogP) is 2.86. The molecule has 0 radical (unpaired) electrons. The number of hydrogen-bond acceptors (Lipinski definition) is 7. The van der Waals surface area contributed by atoms with E-state index in [-0.39, 0.29) is 10.6 Å². The zero-order valence-corrected chi connectivity index (χ0v) is 13.2. The van der Waals surface area contributed by atoms with Gasteiger partial charge in [0.25, 0.3) is 0 Å². The Kier molecular flexibility index (Phi) is 3.95. The van der Waals surface area contributed by atoms with Crippen molar-refractivity contribution in [2.45, 2.75) is 11.8 Å². The standard InChI is InChI=1S/C14H12N2O4S2/c1-2-19-11-7-3-4-8-12(11)20-22(17,18)13-9-5-6-10-14(13)16-21-15-10/h3-9H,2H2,1H3. The number of fused-ring (bicyclic) bond motifs is 1. The maximum absolute atomic E-state index is 12.5. The van der Waals surface area contributed by atoms with E-state index in [0.717, 1.165) is 11.7 Å². The molecule has 0 aliphatic carbocycles. The molecule has 3 rings (SSSR count). The summed E-state index contributed by atoms with van der Waals surface area (Å²) in [5, 5.41) is 0. The fraction of sp³-hybridized carbons (Fsp3) is 0.143. The van der Waals surface area contributed by atoms with Gasteiger partial charge in [-0.3, -0.25) is 0 Å². The van der Waals surface area contributed by atoms with Gasteiger partial charge in [0.1, 0.15) is 15.9 Å². The molecule has 0 aliphatic rings. The van der Waals surface area contributed by atoms with E-state index in [0.29, 0.717) is 23.4 Å². The number of hydrogen-bond donors (Lipinski definition) is 0. The van der Waals surface area contributed by atoms with E-state index in [1.165, 1.54) is 6.07 Å². The number of para-hydroxylation sites is 2. The summed E-state index contributed by atoms with van der Waals surface area (Å²) < 4.78 is 43.7. The van der Waals surface area contributed by atoms with Gasteiger partial charge in [0.2, 0.25) is 0 Å². The number of ether oxygens (including phenoxy) is 1. The average molecular weight is 336 g/mol. The molecule has 0 aliphatic heterocycles. The first-order valence-electron chi connectivity index (χ1n) is 6.49. The lowest BCUT2D eigenvalue weighted by atomic mass is 10.3. The summed E-state index contributed by atoms with van der Waals surface area (Å²) in [6.07, 6.45) is 0.